The Hall–Kier alpha value is -1.56. The van der Waals surface area contributed by atoms with Gasteiger partial charge in [-0.25, -0.2) is 4.79 Å². The van der Waals surface area contributed by atoms with E-state index in [4.69, 9.17) is 4.74 Å². The zero-order valence-corrected chi connectivity index (χ0v) is 9.63. The number of hydrogen-bond donors (Lipinski definition) is 0. The van der Waals surface area contributed by atoms with Crippen molar-refractivity contribution in [1.29, 1.82) is 0 Å². The van der Waals surface area contributed by atoms with Crippen LogP contribution >= 0.6 is 11.8 Å². The molecule has 5 nitrogen and oxygen atoms in total. The van der Waals surface area contributed by atoms with E-state index in [2.05, 4.69) is 4.74 Å². The molecule has 16 heavy (non-hydrogen) atoms. The van der Waals surface area contributed by atoms with Gasteiger partial charge in [-0.05, 0) is 18.7 Å². The molecule has 0 unspecified atom stereocenters. The SMILES string of the molecule is CCOC(=O)/C=C1\SC(=O)C(OC)=C1C=O. The lowest BCUT2D eigenvalue weighted by Crippen LogP contribution is -2.01. The van der Waals surface area contributed by atoms with Crippen LogP contribution in [0.15, 0.2) is 22.3 Å². The number of allylic oxidation sites excluding steroid dienone is 1. The molecule has 86 valence electrons. The van der Waals surface area contributed by atoms with Crippen molar-refractivity contribution in [3.63, 3.8) is 0 Å². The summed E-state index contributed by atoms with van der Waals surface area (Å²) in [4.78, 5) is 33.5. The molecule has 0 N–H and O–H groups in total. The minimum atomic E-state index is -0.588. The monoisotopic (exact) mass is 242 g/mol. The van der Waals surface area contributed by atoms with Crippen LogP contribution in [0.1, 0.15) is 6.92 Å². The summed E-state index contributed by atoms with van der Waals surface area (Å²) >= 11 is 0.776. The van der Waals surface area contributed by atoms with Crippen LogP contribution in [0.3, 0.4) is 0 Å². The lowest BCUT2D eigenvalue weighted by atomic mass is 10.2. The van der Waals surface area contributed by atoms with Crippen LogP contribution in [0, 0.1) is 0 Å². The zero-order chi connectivity index (χ0) is 12.1. The molecule has 0 saturated carbocycles. The average molecular weight is 242 g/mol. The summed E-state index contributed by atoms with van der Waals surface area (Å²) in [5.74, 6) is -0.620. The first-order chi connectivity index (χ1) is 7.63. The summed E-state index contributed by atoms with van der Waals surface area (Å²) in [7, 11) is 1.30. The van der Waals surface area contributed by atoms with Gasteiger partial charge in [-0.1, -0.05) is 0 Å². The second-order valence-electron chi connectivity index (χ2n) is 2.71. The quantitative estimate of drug-likeness (QED) is 0.412. The lowest BCUT2D eigenvalue weighted by molar-refractivity contribution is -0.137. The maximum atomic E-state index is 11.4. The number of esters is 1. The van der Waals surface area contributed by atoms with Gasteiger partial charge in [0.25, 0.3) is 5.12 Å². The van der Waals surface area contributed by atoms with Gasteiger partial charge in [0.15, 0.2) is 12.0 Å². The van der Waals surface area contributed by atoms with Crippen molar-refractivity contribution in [2.24, 2.45) is 0 Å². The molecule has 0 fully saturated rings. The number of hydrogen-bond acceptors (Lipinski definition) is 6. The maximum absolute atomic E-state index is 11.4. The Kier molecular flexibility index (Phi) is 4.30. The van der Waals surface area contributed by atoms with Crippen molar-refractivity contribution in [3.8, 4) is 0 Å². The molecular formula is C10H10O5S. The first kappa shape index (κ1) is 12.5. The maximum Gasteiger partial charge on any atom is 0.331 e. The smallest absolute Gasteiger partial charge is 0.331 e. The number of carbonyl (C=O) groups excluding carboxylic acids is 3. The van der Waals surface area contributed by atoms with Gasteiger partial charge >= 0.3 is 5.97 Å². The number of aldehydes is 1. The van der Waals surface area contributed by atoms with E-state index in [1.165, 1.54) is 7.11 Å². The topological polar surface area (TPSA) is 69.7 Å². The van der Waals surface area contributed by atoms with Gasteiger partial charge in [0.2, 0.25) is 0 Å². The second kappa shape index (κ2) is 5.50. The Morgan fingerprint density at radius 3 is 2.69 bits per heavy atom. The van der Waals surface area contributed by atoms with E-state index in [1.807, 2.05) is 0 Å². The first-order valence-electron chi connectivity index (χ1n) is 4.48. The van der Waals surface area contributed by atoms with E-state index >= 15 is 0 Å². The number of rotatable bonds is 4. The van der Waals surface area contributed by atoms with Crippen molar-refractivity contribution in [3.05, 3.63) is 22.3 Å². The molecule has 1 rings (SSSR count). The van der Waals surface area contributed by atoms with Crippen molar-refractivity contribution >= 4 is 29.1 Å². The summed E-state index contributed by atoms with van der Waals surface area (Å²) in [5.41, 5.74) is 0.0885. The molecule has 0 amide bonds. The largest absolute Gasteiger partial charge is 0.491 e. The van der Waals surface area contributed by atoms with Crippen molar-refractivity contribution in [2.45, 2.75) is 6.92 Å². The fourth-order valence-corrected chi connectivity index (χ4v) is 2.02. The summed E-state index contributed by atoms with van der Waals surface area (Å²) in [5, 5.41) is -0.389. The van der Waals surface area contributed by atoms with E-state index < -0.39 is 5.97 Å². The average Bonchev–Trinajstić information content (AvgIpc) is 2.53. The van der Waals surface area contributed by atoms with Crippen molar-refractivity contribution < 1.29 is 23.9 Å². The Balaban J connectivity index is 3.00. The molecule has 1 heterocycles. The molecule has 0 atom stereocenters. The van der Waals surface area contributed by atoms with Crippen molar-refractivity contribution in [2.75, 3.05) is 13.7 Å². The van der Waals surface area contributed by atoms with Crippen LogP contribution in [-0.2, 0) is 23.9 Å². The number of carbonyl (C=O) groups is 3. The molecule has 0 saturated heterocycles. The van der Waals surface area contributed by atoms with Gasteiger partial charge in [0.05, 0.1) is 19.3 Å². The van der Waals surface area contributed by atoms with Crippen LogP contribution in [0.25, 0.3) is 0 Å². The van der Waals surface area contributed by atoms with Crippen LogP contribution < -0.4 is 0 Å². The van der Waals surface area contributed by atoms with E-state index in [9.17, 15) is 14.4 Å². The molecule has 0 spiro atoms. The molecule has 1 aliphatic heterocycles. The minimum Gasteiger partial charge on any atom is -0.491 e. The predicted molar refractivity (Wildman–Crippen MR) is 57.4 cm³/mol. The van der Waals surface area contributed by atoms with Gasteiger partial charge < -0.3 is 9.47 Å². The van der Waals surface area contributed by atoms with Gasteiger partial charge in [0.1, 0.15) is 0 Å². The molecule has 0 aromatic carbocycles. The van der Waals surface area contributed by atoms with Crippen LogP contribution in [0.4, 0.5) is 0 Å². The second-order valence-corrected chi connectivity index (χ2v) is 3.73. The summed E-state index contributed by atoms with van der Waals surface area (Å²) in [6, 6.07) is 0. The predicted octanol–water partition coefficient (Wildman–Crippen LogP) is 0.806. The minimum absolute atomic E-state index is 0.0319. The highest BCUT2D eigenvalue weighted by Gasteiger charge is 2.30. The van der Waals surface area contributed by atoms with E-state index in [-0.39, 0.29) is 28.0 Å². The summed E-state index contributed by atoms with van der Waals surface area (Å²) < 4.78 is 9.47. The van der Waals surface area contributed by atoms with Gasteiger partial charge in [0, 0.05) is 11.0 Å². The standard InChI is InChI=1S/C10H10O5S/c1-3-15-8(12)4-7-6(5-11)9(14-2)10(13)16-7/h4-5H,3H2,1-2H3/b7-4-. The fraction of sp³-hybridized carbons (Fsp3) is 0.300. The van der Waals surface area contributed by atoms with Gasteiger partial charge in [-0.3, -0.25) is 9.59 Å². The van der Waals surface area contributed by atoms with E-state index in [0.29, 0.717) is 6.29 Å². The molecule has 0 radical (unpaired) electrons. The molecule has 0 bridgehead atoms. The lowest BCUT2D eigenvalue weighted by Gasteiger charge is -1.98. The summed E-state index contributed by atoms with van der Waals surface area (Å²) in [6.07, 6.45) is 1.60. The molecular weight excluding hydrogens is 232 g/mol. The fourth-order valence-electron chi connectivity index (χ4n) is 1.13. The Morgan fingerprint density at radius 1 is 1.50 bits per heavy atom. The van der Waals surface area contributed by atoms with Gasteiger partial charge in [-0.15, -0.1) is 0 Å². The number of methoxy groups -OCH3 is 1. The van der Waals surface area contributed by atoms with Crippen LogP contribution in [0.5, 0.6) is 0 Å². The third-order valence-electron chi connectivity index (χ3n) is 1.76. The number of thioether (sulfide) groups is 1. The Bertz CT molecular complexity index is 394. The highest BCUT2D eigenvalue weighted by atomic mass is 32.2. The molecule has 1 aliphatic rings. The van der Waals surface area contributed by atoms with Gasteiger partial charge in [-0.2, -0.15) is 0 Å². The third kappa shape index (κ3) is 2.52. The zero-order valence-electron chi connectivity index (χ0n) is 8.81. The number of ether oxygens (including phenoxy) is 2. The highest BCUT2D eigenvalue weighted by Crippen LogP contribution is 2.36. The highest BCUT2D eigenvalue weighted by molar-refractivity contribution is 8.18. The molecule has 0 aliphatic carbocycles. The third-order valence-corrected chi connectivity index (χ3v) is 2.68. The van der Waals surface area contributed by atoms with E-state index in [0.717, 1.165) is 17.8 Å². The Labute approximate surface area is 96.5 Å². The summed E-state index contributed by atoms with van der Waals surface area (Å²) in [6.45, 7) is 1.90. The molecule has 0 aromatic heterocycles. The molecule has 0 aromatic rings. The molecule has 6 heteroatoms. The van der Waals surface area contributed by atoms with Crippen LogP contribution in [-0.4, -0.2) is 31.1 Å². The van der Waals surface area contributed by atoms with Crippen molar-refractivity contribution in [1.82, 2.24) is 0 Å². The normalized spacial score (nSPS) is 17.9. The first-order valence-corrected chi connectivity index (χ1v) is 5.30. The van der Waals surface area contributed by atoms with Crippen LogP contribution in [0.2, 0.25) is 0 Å². The van der Waals surface area contributed by atoms with E-state index in [1.54, 1.807) is 6.92 Å². The Morgan fingerprint density at radius 2 is 2.19 bits per heavy atom.